The fourth-order valence-corrected chi connectivity index (χ4v) is 2.32. The zero-order valence-electron chi connectivity index (χ0n) is 13.5. The lowest BCUT2D eigenvalue weighted by atomic mass is 10.0. The van der Waals surface area contributed by atoms with Crippen LogP contribution in [0.1, 0.15) is 24.0 Å². The van der Waals surface area contributed by atoms with Crippen molar-refractivity contribution in [2.45, 2.75) is 26.2 Å². The van der Waals surface area contributed by atoms with Gasteiger partial charge in [0.25, 0.3) is 0 Å². The lowest BCUT2D eigenvalue weighted by molar-refractivity contribution is -0.116. The van der Waals surface area contributed by atoms with Crippen molar-refractivity contribution in [3.63, 3.8) is 0 Å². The second-order valence-corrected chi connectivity index (χ2v) is 5.40. The van der Waals surface area contributed by atoms with E-state index >= 15 is 0 Å². The van der Waals surface area contributed by atoms with Crippen LogP contribution in [0.3, 0.4) is 0 Å². The maximum atomic E-state index is 12.2. The van der Waals surface area contributed by atoms with Crippen molar-refractivity contribution in [1.82, 2.24) is 0 Å². The fourth-order valence-electron chi connectivity index (χ4n) is 2.32. The molecule has 0 fully saturated rings. The molecule has 2 amide bonds. The standard InChI is InChI=1S/C19H19N3O2/c1-14-6-2-3-7-15(14)10-11-18(23)21-16-8-4-5-9-17(16)22-19(24)12-13-20/h2-9H,10-12H2,1H3,(H,21,23)(H,22,24). The molecule has 0 unspecified atom stereocenters. The molecule has 0 saturated heterocycles. The third-order valence-electron chi connectivity index (χ3n) is 3.60. The van der Waals surface area contributed by atoms with Gasteiger partial charge in [0.05, 0.1) is 17.4 Å². The van der Waals surface area contributed by atoms with E-state index < -0.39 is 5.91 Å². The van der Waals surface area contributed by atoms with Crippen molar-refractivity contribution >= 4 is 23.2 Å². The van der Waals surface area contributed by atoms with Gasteiger partial charge in [0, 0.05) is 6.42 Å². The van der Waals surface area contributed by atoms with Crippen LogP contribution < -0.4 is 10.6 Å². The molecule has 0 saturated carbocycles. The van der Waals surface area contributed by atoms with Crippen LogP contribution in [0.25, 0.3) is 0 Å². The summed E-state index contributed by atoms with van der Waals surface area (Å²) < 4.78 is 0. The van der Waals surface area contributed by atoms with Gasteiger partial charge in [0.2, 0.25) is 11.8 Å². The lowest BCUT2D eigenvalue weighted by Gasteiger charge is -2.12. The predicted octanol–water partition coefficient (Wildman–Crippen LogP) is 3.42. The monoisotopic (exact) mass is 321 g/mol. The fraction of sp³-hybridized carbons (Fsp3) is 0.211. The summed E-state index contributed by atoms with van der Waals surface area (Å²) >= 11 is 0. The topological polar surface area (TPSA) is 82.0 Å². The zero-order valence-corrected chi connectivity index (χ0v) is 13.5. The van der Waals surface area contributed by atoms with Crippen molar-refractivity contribution in [2.24, 2.45) is 0 Å². The number of aryl methyl sites for hydroxylation is 2. The summed E-state index contributed by atoms with van der Waals surface area (Å²) in [5, 5.41) is 14.0. The molecule has 0 aliphatic carbocycles. The van der Waals surface area contributed by atoms with E-state index in [0.29, 0.717) is 24.2 Å². The van der Waals surface area contributed by atoms with E-state index in [1.807, 2.05) is 31.2 Å². The maximum absolute atomic E-state index is 12.2. The SMILES string of the molecule is Cc1ccccc1CCC(=O)Nc1ccccc1NC(=O)CC#N. The Morgan fingerprint density at radius 3 is 2.17 bits per heavy atom. The second-order valence-electron chi connectivity index (χ2n) is 5.40. The van der Waals surface area contributed by atoms with E-state index in [1.165, 1.54) is 0 Å². The van der Waals surface area contributed by atoms with Crippen LogP contribution in [0.5, 0.6) is 0 Å². The Balaban J connectivity index is 1.98. The third-order valence-corrected chi connectivity index (χ3v) is 3.60. The first-order valence-corrected chi connectivity index (χ1v) is 7.70. The number of hydrogen-bond acceptors (Lipinski definition) is 3. The van der Waals surface area contributed by atoms with Gasteiger partial charge in [0.1, 0.15) is 6.42 Å². The number of benzene rings is 2. The Kier molecular flexibility index (Phi) is 6.09. The van der Waals surface area contributed by atoms with Crippen LogP contribution in [0, 0.1) is 18.3 Å². The molecule has 0 bridgehead atoms. The molecule has 0 spiro atoms. The molecule has 0 atom stereocenters. The first-order chi connectivity index (χ1) is 11.6. The Labute approximate surface area is 141 Å². The van der Waals surface area contributed by atoms with Crippen molar-refractivity contribution in [1.29, 1.82) is 5.26 Å². The number of carbonyl (C=O) groups excluding carboxylic acids is 2. The first-order valence-electron chi connectivity index (χ1n) is 7.70. The third kappa shape index (κ3) is 4.96. The van der Waals surface area contributed by atoms with Gasteiger partial charge in [-0.2, -0.15) is 5.26 Å². The highest BCUT2D eigenvalue weighted by atomic mass is 16.2. The van der Waals surface area contributed by atoms with Gasteiger partial charge in [-0.25, -0.2) is 0 Å². The van der Waals surface area contributed by atoms with Crippen LogP contribution in [-0.4, -0.2) is 11.8 Å². The molecule has 24 heavy (non-hydrogen) atoms. The molecule has 0 heterocycles. The quantitative estimate of drug-likeness (QED) is 0.855. The van der Waals surface area contributed by atoms with Gasteiger partial charge in [0.15, 0.2) is 0 Å². The molecule has 5 heteroatoms. The number of carbonyl (C=O) groups is 2. The van der Waals surface area contributed by atoms with E-state index in [-0.39, 0.29) is 12.3 Å². The number of hydrogen-bond donors (Lipinski definition) is 2. The average molecular weight is 321 g/mol. The van der Waals surface area contributed by atoms with Gasteiger partial charge in [-0.1, -0.05) is 36.4 Å². The van der Waals surface area contributed by atoms with Gasteiger partial charge >= 0.3 is 0 Å². The molecule has 0 aliphatic heterocycles. The van der Waals surface area contributed by atoms with E-state index in [0.717, 1.165) is 11.1 Å². The van der Waals surface area contributed by atoms with Crippen molar-refractivity contribution in [2.75, 3.05) is 10.6 Å². The molecule has 0 aliphatic rings. The van der Waals surface area contributed by atoms with Crippen LogP contribution in [-0.2, 0) is 16.0 Å². The highest BCUT2D eigenvalue weighted by Crippen LogP contribution is 2.21. The van der Waals surface area contributed by atoms with Crippen molar-refractivity contribution in [3.8, 4) is 6.07 Å². The Hall–Kier alpha value is -3.13. The largest absolute Gasteiger partial charge is 0.324 e. The Bertz CT molecular complexity index is 778. The number of para-hydroxylation sites is 2. The minimum absolute atomic E-state index is 0.125. The van der Waals surface area contributed by atoms with E-state index in [2.05, 4.69) is 10.6 Å². The molecule has 0 aromatic heterocycles. The summed E-state index contributed by atoms with van der Waals surface area (Å²) in [6, 6.07) is 16.7. The molecule has 2 aromatic rings. The molecule has 122 valence electrons. The molecule has 0 radical (unpaired) electrons. The van der Waals surface area contributed by atoms with Crippen LogP contribution in [0.2, 0.25) is 0 Å². The molecule has 2 rings (SSSR count). The lowest BCUT2D eigenvalue weighted by Crippen LogP contribution is -2.16. The van der Waals surface area contributed by atoms with E-state index in [1.54, 1.807) is 30.3 Å². The maximum Gasteiger partial charge on any atom is 0.238 e. The predicted molar refractivity (Wildman–Crippen MR) is 93.4 cm³/mol. The highest BCUT2D eigenvalue weighted by molar-refractivity contribution is 6.00. The van der Waals surface area contributed by atoms with Gasteiger partial charge in [-0.3, -0.25) is 9.59 Å². The molecular formula is C19H19N3O2. The van der Waals surface area contributed by atoms with Crippen LogP contribution in [0.4, 0.5) is 11.4 Å². The molecule has 2 N–H and O–H groups in total. The van der Waals surface area contributed by atoms with Gasteiger partial charge in [-0.15, -0.1) is 0 Å². The van der Waals surface area contributed by atoms with Crippen LogP contribution in [0.15, 0.2) is 48.5 Å². The number of nitrogens with one attached hydrogen (secondary N) is 2. The van der Waals surface area contributed by atoms with E-state index in [4.69, 9.17) is 5.26 Å². The number of nitriles is 1. The van der Waals surface area contributed by atoms with Gasteiger partial charge < -0.3 is 10.6 Å². The molecular weight excluding hydrogens is 302 g/mol. The average Bonchev–Trinajstić information content (AvgIpc) is 2.56. The number of amides is 2. The summed E-state index contributed by atoms with van der Waals surface area (Å²) in [7, 11) is 0. The first kappa shape index (κ1) is 17.2. The molecule has 2 aromatic carbocycles. The summed E-state index contributed by atoms with van der Waals surface area (Å²) in [6.45, 7) is 2.02. The second kappa shape index (κ2) is 8.49. The van der Waals surface area contributed by atoms with Crippen LogP contribution >= 0.6 is 0 Å². The Morgan fingerprint density at radius 1 is 0.958 bits per heavy atom. The molecule has 5 nitrogen and oxygen atoms in total. The summed E-state index contributed by atoms with van der Waals surface area (Å²) in [5.41, 5.74) is 3.32. The normalized spacial score (nSPS) is 9.83. The summed E-state index contributed by atoms with van der Waals surface area (Å²) in [6.07, 6.45) is 0.780. The van der Waals surface area contributed by atoms with Gasteiger partial charge in [-0.05, 0) is 36.6 Å². The number of rotatable bonds is 6. The minimum atomic E-state index is -0.404. The van der Waals surface area contributed by atoms with E-state index in [9.17, 15) is 9.59 Å². The smallest absolute Gasteiger partial charge is 0.238 e. The zero-order chi connectivity index (χ0) is 17.4. The van der Waals surface area contributed by atoms with Crippen molar-refractivity contribution in [3.05, 3.63) is 59.7 Å². The number of anilines is 2. The summed E-state index contributed by atoms with van der Waals surface area (Å²) in [5.74, 6) is -0.528. The number of nitrogens with zero attached hydrogens (tertiary/aromatic N) is 1. The van der Waals surface area contributed by atoms with Crippen molar-refractivity contribution < 1.29 is 9.59 Å². The summed E-state index contributed by atoms with van der Waals surface area (Å²) in [4.78, 5) is 23.7. The Morgan fingerprint density at radius 2 is 1.54 bits per heavy atom. The highest BCUT2D eigenvalue weighted by Gasteiger charge is 2.09. The minimum Gasteiger partial charge on any atom is -0.324 e.